The molecule has 0 amide bonds. The van der Waals surface area contributed by atoms with Crippen molar-refractivity contribution in [1.82, 2.24) is 4.90 Å². The summed E-state index contributed by atoms with van der Waals surface area (Å²) in [6.07, 6.45) is 0. The van der Waals surface area contributed by atoms with Crippen molar-refractivity contribution in [2.24, 2.45) is 0 Å². The zero-order valence-corrected chi connectivity index (χ0v) is 17.6. The van der Waals surface area contributed by atoms with E-state index in [0.29, 0.717) is 15.4 Å². The number of hydrogen-bond donors (Lipinski definition) is 1. The van der Waals surface area contributed by atoms with E-state index in [4.69, 9.17) is 23.2 Å². The van der Waals surface area contributed by atoms with Gasteiger partial charge in [0.1, 0.15) is 14.4 Å². The van der Waals surface area contributed by atoms with Crippen molar-refractivity contribution in [1.29, 1.82) is 0 Å². The standard InChI is InChI=1S/C10H4Cl2O2.C3H7NS2.Zn/c11-7-8(12)10(14)6-4-2-1-3-5(6)9(7)13;1-4(2)3(5)6;/h1-4H;1-2H3,(H,5,6);. The van der Waals surface area contributed by atoms with Gasteiger partial charge in [0.05, 0.1) is 0 Å². The van der Waals surface area contributed by atoms with Crippen LogP contribution in [0.15, 0.2) is 34.3 Å². The Morgan fingerprint density at radius 2 is 1.33 bits per heavy atom. The van der Waals surface area contributed by atoms with Crippen LogP contribution >= 0.6 is 48.0 Å². The van der Waals surface area contributed by atoms with Gasteiger partial charge in [0.15, 0.2) is 0 Å². The summed E-state index contributed by atoms with van der Waals surface area (Å²) in [6, 6.07) is 6.46. The van der Waals surface area contributed by atoms with E-state index in [9.17, 15) is 9.59 Å². The number of benzene rings is 1. The van der Waals surface area contributed by atoms with E-state index in [2.05, 4.69) is 24.8 Å². The van der Waals surface area contributed by atoms with E-state index in [-0.39, 0.29) is 29.5 Å². The molecule has 0 spiro atoms. The zero-order chi connectivity index (χ0) is 15.4. The van der Waals surface area contributed by atoms with E-state index >= 15 is 0 Å². The molecule has 0 radical (unpaired) electrons. The number of halogens is 2. The van der Waals surface area contributed by atoms with E-state index < -0.39 is 11.6 Å². The average Bonchev–Trinajstić information content (AvgIpc) is 2.43. The van der Waals surface area contributed by atoms with Crippen molar-refractivity contribution in [3.8, 4) is 0 Å². The predicted octanol–water partition coefficient (Wildman–Crippen LogP) is 3.52. The Bertz CT molecular complexity index is 575. The van der Waals surface area contributed by atoms with Gasteiger partial charge in [0.25, 0.3) is 0 Å². The molecule has 1 aliphatic rings. The number of allylic oxidation sites excluding steroid dienone is 2. The summed E-state index contributed by atoms with van der Waals surface area (Å²) in [6.45, 7) is 0. The van der Waals surface area contributed by atoms with Gasteiger partial charge in [-0.15, -0.1) is 12.6 Å². The predicted molar refractivity (Wildman–Crippen MR) is 89.1 cm³/mol. The van der Waals surface area contributed by atoms with Crippen molar-refractivity contribution in [2.45, 2.75) is 0 Å². The molecule has 3 nitrogen and oxygen atoms in total. The van der Waals surface area contributed by atoms with Gasteiger partial charge >= 0.3 is 0 Å². The molecule has 0 fully saturated rings. The van der Waals surface area contributed by atoms with Crippen LogP contribution in [0.2, 0.25) is 0 Å². The number of fused-ring (bicyclic) bond motifs is 1. The van der Waals surface area contributed by atoms with Crippen LogP contribution in [0.3, 0.4) is 0 Å². The molecule has 0 aromatic heterocycles. The van der Waals surface area contributed by atoms with Gasteiger partial charge in [-0.1, -0.05) is 59.7 Å². The van der Waals surface area contributed by atoms with Crippen LogP contribution in [-0.4, -0.2) is 34.9 Å². The van der Waals surface area contributed by atoms with Gasteiger partial charge in [0.2, 0.25) is 11.6 Å². The molecule has 0 saturated heterocycles. The van der Waals surface area contributed by atoms with Gasteiger partial charge in [-0.05, 0) is 0 Å². The molecular weight excluding hydrogens is 403 g/mol. The number of ketones is 2. The van der Waals surface area contributed by atoms with Gasteiger partial charge in [-0.2, -0.15) is 0 Å². The summed E-state index contributed by atoms with van der Waals surface area (Å²) in [7, 11) is 3.71. The smallest absolute Gasteiger partial charge is 0.206 e. The van der Waals surface area contributed by atoms with E-state index in [1.807, 2.05) is 14.1 Å². The quantitative estimate of drug-likeness (QED) is 0.401. The van der Waals surface area contributed by atoms with E-state index in [1.165, 1.54) is 0 Å². The number of carbonyl (C=O) groups excluding carboxylic acids is 2. The Morgan fingerprint density at radius 3 is 1.57 bits per heavy atom. The summed E-state index contributed by atoms with van der Waals surface area (Å²) in [5.41, 5.74) is 0.624. The maximum absolute atomic E-state index is 11.5. The third kappa shape index (κ3) is 5.15. The molecule has 0 unspecified atom stereocenters. The van der Waals surface area contributed by atoms with Gasteiger partial charge in [-0.25, -0.2) is 0 Å². The topological polar surface area (TPSA) is 37.4 Å². The normalized spacial score (nSPS) is 12.8. The summed E-state index contributed by atoms with van der Waals surface area (Å²) in [5.74, 6) is -0.793. The third-order valence-corrected chi connectivity index (χ3v) is 3.97. The molecule has 0 heterocycles. The SMILES string of the molecule is CN(C)C(=S)S.O=C1C(Cl)=C(Cl)C(=O)c2ccccc21.[Zn]. The average molecular weight is 414 g/mol. The molecule has 0 N–H and O–H groups in total. The van der Waals surface area contributed by atoms with Gasteiger partial charge in [-0.3, -0.25) is 9.59 Å². The molecule has 108 valence electrons. The number of thiol groups is 1. The van der Waals surface area contributed by atoms with Crippen LogP contribution in [0.4, 0.5) is 0 Å². The van der Waals surface area contributed by atoms with Crippen LogP contribution in [0.1, 0.15) is 20.7 Å². The number of carbonyl (C=O) groups is 2. The first kappa shape index (κ1) is 20.7. The number of rotatable bonds is 0. The third-order valence-electron chi connectivity index (χ3n) is 2.39. The van der Waals surface area contributed by atoms with E-state index in [0.717, 1.165) is 0 Å². The second-order valence-corrected chi connectivity index (χ2v) is 5.88. The number of Topliss-reactive ketones (excluding diaryl/α,β-unsaturated/α-hetero) is 2. The molecule has 0 bridgehead atoms. The summed E-state index contributed by atoms with van der Waals surface area (Å²) >= 11 is 19.7. The van der Waals surface area contributed by atoms with Crippen molar-refractivity contribution >= 4 is 63.9 Å². The van der Waals surface area contributed by atoms with Crippen molar-refractivity contribution in [3.63, 3.8) is 0 Å². The fraction of sp³-hybridized carbons (Fsp3) is 0.154. The molecule has 0 saturated carbocycles. The molecule has 2 rings (SSSR count). The molecule has 0 aliphatic heterocycles. The fourth-order valence-corrected chi connectivity index (χ4v) is 1.69. The minimum Gasteiger partial charge on any atom is -0.364 e. The molecule has 1 aromatic rings. The van der Waals surface area contributed by atoms with Crippen molar-refractivity contribution in [3.05, 3.63) is 45.5 Å². The number of thiocarbonyl (C=S) groups is 1. The van der Waals surface area contributed by atoms with Crippen molar-refractivity contribution < 1.29 is 29.1 Å². The molecule has 8 heteroatoms. The van der Waals surface area contributed by atoms with Gasteiger partial charge in [0, 0.05) is 44.7 Å². The monoisotopic (exact) mass is 411 g/mol. The second kappa shape index (κ2) is 9.01. The molecular formula is C13H11Cl2NO2S2Zn. The van der Waals surface area contributed by atoms with Crippen LogP contribution in [0, 0.1) is 0 Å². The minimum atomic E-state index is -0.396. The first-order chi connectivity index (χ1) is 9.27. The maximum Gasteiger partial charge on any atom is 0.206 e. The Labute approximate surface area is 156 Å². The number of nitrogens with zero attached hydrogens (tertiary/aromatic N) is 1. The molecule has 1 aliphatic carbocycles. The van der Waals surface area contributed by atoms with Crippen LogP contribution in [0.5, 0.6) is 0 Å². The summed E-state index contributed by atoms with van der Waals surface area (Å²) < 4.78 is 0.620. The summed E-state index contributed by atoms with van der Waals surface area (Å²) in [5, 5.41) is -0.397. The first-order valence-electron chi connectivity index (χ1n) is 5.41. The fourth-order valence-electron chi connectivity index (χ4n) is 1.31. The van der Waals surface area contributed by atoms with Crippen LogP contribution in [0.25, 0.3) is 0 Å². The largest absolute Gasteiger partial charge is 0.364 e. The Balaban J connectivity index is 0.000000495. The molecule has 21 heavy (non-hydrogen) atoms. The first-order valence-corrected chi connectivity index (χ1v) is 7.02. The Morgan fingerprint density at radius 1 is 1.05 bits per heavy atom. The van der Waals surface area contributed by atoms with Crippen LogP contribution in [-0.2, 0) is 19.5 Å². The maximum atomic E-state index is 11.5. The zero-order valence-electron chi connectivity index (χ0n) is 11.4. The van der Waals surface area contributed by atoms with E-state index in [1.54, 1.807) is 29.2 Å². The molecule has 1 aromatic carbocycles. The van der Waals surface area contributed by atoms with Gasteiger partial charge < -0.3 is 4.90 Å². The molecule has 0 atom stereocenters. The minimum absolute atomic E-state index is 0. The second-order valence-electron chi connectivity index (χ2n) is 4.01. The number of hydrogen-bond acceptors (Lipinski definition) is 3. The Kier molecular flexibility index (Phi) is 8.90. The van der Waals surface area contributed by atoms with Crippen molar-refractivity contribution in [2.75, 3.05) is 14.1 Å². The van der Waals surface area contributed by atoms with Crippen LogP contribution < -0.4 is 0 Å². The summed E-state index contributed by atoms with van der Waals surface area (Å²) in [4.78, 5) is 24.9. The Hall–Kier alpha value is -0.257.